The van der Waals surface area contributed by atoms with Crippen LogP contribution in [0, 0.1) is 5.92 Å². The lowest BCUT2D eigenvalue weighted by Crippen LogP contribution is -2.53. The Hall–Kier alpha value is -1.88. The fourth-order valence-corrected chi connectivity index (χ4v) is 3.93. The summed E-state index contributed by atoms with van der Waals surface area (Å²) in [6.07, 6.45) is 3.06. The topological polar surface area (TPSA) is 55.8 Å². The van der Waals surface area contributed by atoms with Crippen LogP contribution in [0.1, 0.15) is 43.0 Å². The summed E-state index contributed by atoms with van der Waals surface area (Å²) >= 11 is 0. The van der Waals surface area contributed by atoms with Crippen LogP contribution < -0.4 is 0 Å². The van der Waals surface area contributed by atoms with Crippen molar-refractivity contribution >= 4 is 11.9 Å². The van der Waals surface area contributed by atoms with Crippen LogP contribution in [0.25, 0.3) is 0 Å². The molecule has 1 aromatic carbocycles. The SMILES string of the molecule is CCCOC(=O)[C@@H]1C2CCC(C[C@@H]1OC(=O)c1ccccc1)N2C. The average Bonchev–Trinajstić information content (AvgIpc) is 2.83. The van der Waals surface area contributed by atoms with Gasteiger partial charge < -0.3 is 9.47 Å². The number of esters is 2. The Morgan fingerprint density at radius 3 is 2.67 bits per heavy atom. The average molecular weight is 331 g/mol. The van der Waals surface area contributed by atoms with E-state index < -0.39 is 12.0 Å². The van der Waals surface area contributed by atoms with Crippen molar-refractivity contribution in [2.75, 3.05) is 13.7 Å². The Morgan fingerprint density at radius 1 is 1.21 bits per heavy atom. The number of fused-ring (bicyclic) bond motifs is 2. The fraction of sp³-hybridized carbons (Fsp3) is 0.579. The highest BCUT2D eigenvalue weighted by atomic mass is 16.6. The highest BCUT2D eigenvalue weighted by Crippen LogP contribution is 2.40. The van der Waals surface area contributed by atoms with Crippen molar-refractivity contribution < 1.29 is 19.1 Å². The van der Waals surface area contributed by atoms with Crippen molar-refractivity contribution in [2.45, 2.75) is 50.8 Å². The number of nitrogens with zero attached hydrogens (tertiary/aromatic N) is 1. The monoisotopic (exact) mass is 331 g/mol. The first-order chi connectivity index (χ1) is 11.6. The van der Waals surface area contributed by atoms with Crippen molar-refractivity contribution in [3.05, 3.63) is 35.9 Å². The van der Waals surface area contributed by atoms with E-state index in [0.717, 1.165) is 19.3 Å². The van der Waals surface area contributed by atoms with Crippen molar-refractivity contribution in [3.8, 4) is 0 Å². The Morgan fingerprint density at radius 2 is 1.96 bits per heavy atom. The zero-order valence-corrected chi connectivity index (χ0v) is 14.3. The molecule has 2 saturated heterocycles. The molecular weight excluding hydrogens is 306 g/mol. The summed E-state index contributed by atoms with van der Waals surface area (Å²) in [6.45, 7) is 2.38. The number of piperidine rings is 1. The fourth-order valence-electron chi connectivity index (χ4n) is 3.93. The van der Waals surface area contributed by atoms with Crippen molar-refractivity contribution in [1.82, 2.24) is 4.90 Å². The third-order valence-corrected chi connectivity index (χ3v) is 5.20. The van der Waals surface area contributed by atoms with Gasteiger partial charge >= 0.3 is 11.9 Å². The Kier molecular flexibility index (Phi) is 5.19. The standard InChI is InChI=1S/C19H25NO4/c1-3-11-23-19(22)17-15-10-9-14(20(15)2)12-16(17)24-18(21)13-7-5-4-6-8-13/h4-8,14-17H,3,9-12H2,1-2H3/t14?,15?,16-,17+/m0/s1. The molecule has 3 rings (SSSR count). The van der Waals surface area contributed by atoms with Crippen LogP contribution in [0.3, 0.4) is 0 Å². The first kappa shape index (κ1) is 17.0. The van der Waals surface area contributed by atoms with E-state index in [1.54, 1.807) is 12.1 Å². The van der Waals surface area contributed by atoms with Crippen LogP contribution in [-0.2, 0) is 14.3 Å². The zero-order valence-electron chi connectivity index (χ0n) is 14.3. The van der Waals surface area contributed by atoms with Gasteiger partial charge in [-0.3, -0.25) is 9.69 Å². The molecule has 0 radical (unpaired) electrons. The van der Waals surface area contributed by atoms with Crippen LogP contribution >= 0.6 is 0 Å². The summed E-state index contributed by atoms with van der Waals surface area (Å²) in [7, 11) is 2.05. The third kappa shape index (κ3) is 3.31. The minimum absolute atomic E-state index is 0.0988. The molecule has 24 heavy (non-hydrogen) atoms. The molecule has 130 valence electrons. The molecule has 4 atom stereocenters. The van der Waals surface area contributed by atoms with Gasteiger partial charge in [-0.25, -0.2) is 4.79 Å². The van der Waals surface area contributed by atoms with E-state index in [-0.39, 0.29) is 18.0 Å². The molecule has 0 saturated carbocycles. The Bertz CT molecular complexity index is 588. The first-order valence-electron chi connectivity index (χ1n) is 8.76. The van der Waals surface area contributed by atoms with Crippen LogP contribution in [0.2, 0.25) is 0 Å². The van der Waals surface area contributed by atoms with Crippen LogP contribution in [0.5, 0.6) is 0 Å². The molecule has 2 aliphatic heterocycles. The third-order valence-electron chi connectivity index (χ3n) is 5.20. The molecule has 2 unspecified atom stereocenters. The summed E-state index contributed by atoms with van der Waals surface area (Å²) in [5, 5.41) is 0. The second-order valence-electron chi connectivity index (χ2n) is 6.70. The quantitative estimate of drug-likeness (QED) is 0.777. The molecule has 0 amide bonds. The smallest absolute Gasteiger partial charge is 0.338 e. The molecule has 2 heterocycles. The number of carbonyl (C=O) groups is 2. The van der Waals surface area contributed by atoms with E-state index in [9.17, 15) is 9.59 Å². The zero-order chi connectivity index (χ0) is 17.1. The molecule has 2 aliphatic rings. The summed E-state index contributed by atoms with van der Waals surface area (Å²) < 4.78 is 11.1. The van der Waals surface area contributed by atoms with Gasteiger partial charge in [0.2, 0.25) is 0 Å². The molecule has 5 nitrogen and oxygen atoms in total. The summed E-state index contributed by atoms with van der Waals surface area (Å²) in [6, 6.07) is 9.41. The van der Waals surface area contributed by atoms with E-state index in [1.165, 1.54) is 0 Å². The number of hydrogen-bond donors (Lipinski definition) is 0. The molecule has 0 spiro atoms. The molecule has 0 aliphatic carbocycles. The minimum atomic E-state index is -0.407. The van der Waals surface area contributed by atoms with Crippen LogP contribution in [0.4, 0.5) is 0 Å². The van der Waals surface area contributed by atoms with Crippen LogP contribution in [0.15, 0.2) is 30.3 Å². The normalized spacial score (nSPS) is 29.2. The van der Waals surface area contributed by atoms with Crippen molar-refractivity contribution in [3.63, 3.8) is 0 Å². The number of hydrogen-bond acceptors (Lipinski definition) is 5. The molecule has 2 fully saturated rings. The maximum absolute atomic E-state index is 12.6. The van der Waals surface area contributed by atoms with E-state index in [0.29, 0.717) is 24.6 Å². The first-order valence-corrected chi connectivity index (χ1v) is 8.76. The van der Waals surface area contributed by atoms with Gasteiger partial charge in [0.15, 0.2) is 0 Å². The molecular formula is C19H25NO4. The number of rotatable bonds is 5. The lowest BCUT2D eigenvalue weighted by Gasteiger charge is -2.40. The van der Waals surface area contributed by atoms with Crippen molar-refractivity contribution in [1.29, 1.82) is 0 Å². The van der Waals surface area contributed by atoms with Gasteiger partial charge in [0.25, 0.3) is 0 Å². The maximum atomic E-state index is 12.6. The second kappa shape index (κ2) is 7.34. The van der Waals surface area contributed by atoms with Gasteiger partial charge in [-0.15, -0.1) is 0 Å². The van der Waals surface area contributed by atoms with Gasteiger partial charge in [-0.05, 0) is 38.4 Å². The van der Waals surface area contributed by atoms with Gasteiger partial charge in [0.05, 0.1) is 12.2 Å². The molecule has 0 aromatic heterocycles. The van der Waals surface area contributed by atoms with Crippen molar-refractivity contribution in [2.24, 2.45) is 5.92 Å². The van der Waals surface area contributed by atoms with Gasteiger partial charge in [0, 0.05) is 18.5 Å². The highest BCUT2D eigenvalue weighted by Gasteiger charge is 2.51. The van der Waals surface area contributed by atoms with Crippen LogP contribution in [-0.4, -0.2) is 48.7 Å². The largest absolute Gasteiger partial charge is 0.465 e. The highest BCUT2D eigenvalue weighted by molar-refractivity contribution is 5.89. The van der Waals surface area contributed by atoms with E-state index in [1.807, 2.05) is 25.1 Å². The Labute approximate surface area is 142 Å². The van der Waals surface area contributed by atoms with E-state index >= 15 is 0 Å². The van der Waals surface area contributed by atoms with E-state index in [2.05, 4.69) is 11.9 Å². The van der Waals surface area contributed by atoms with E-state index in [4.69, 9.17) is 9.47 Å². The predicted octanol–water partition coefficient (Wildman–Crippen LogP) is 2.65. The predicted molar refractivity (Wildman–Crippen MR) is 89.6 cm³/mol. The minimum Gasteiger partial charge on any atom is -0.465 e. The lowest BCUT2D eigenvalue weighted by molar-refractivity contribution is -0.159. The molecule has 0 N–H and O–H groups in total. The molecule has 5 heteroatoms. The summed E-state index contributed by atoms with van der Waals surface area (Å²) in [5.74, 6) is -0.995. The number of ether oxygens (including phenoxy) is 2. The van der Waals surface area contributed by atoms with Gasteiger partial charge in [0.1, 0.15) is 12.0 Å². The van der Waals surface area contributed by atoms with Gasteiger partial charge in [-0.2, -0.15) is 0 Å². The van der Waals surface area contributed by atoms with Gasteiger partial charge in [-0.1, -0.05) is 25.1 Å². The maximum Gasteiger partial charge on any atom is 0.338 e. The summed E-state index contributed by atoms with van der Waals surface area (Å²) in [4.78, 5) is 27.3. The Balaban J connectivity index is 1.76. The molecule has 2 bridgehead atoms. The molecule has 1 aromatic rings. The summed E-state index contributed by atoms with van der Waals surface area (Å²) in [5.41, 5.74) is 0.518. The number of carbonyl (C=O) groups excluding carboxylic acids is 2. The number of benzene rings is 1. The second-order valence-corrected chi connectivity index (χ2v) is 6.70. The lowest BCUT2D eigenvalue weighted by atomic mass is 9.87.